The third-order valence-electron chi connectivity index (χ3n) is 2.66. The summed E-state index contributed by atoms with van der Waals surface area (Å²) in [6.07, 6.45) is 7.60. The molecule has 2 aromatic heterocycles. The van der Waals surface area contributed by atoms with Crippen LogP contribution in [0.3, 0.4) is 0 Å². The van der Waals surface area contributed by atoms with Crippen LogP contribution in [-0.4, -0.2) is 25.6 Å². The van der Waals surface area contributed by atoms with Gasteiger partial charge < -0.3 is 14.5 Å². The Balaban J connectivity index is 1.74. The molecular formula is C11H17N5. The Hall–Kier alpha value is -1.62. The van der Waals surface area contributed by atoms with E-state index in [1.807, 2.05) is 43.3 Å². The van der Waals surface area contributed by atoms with Crippen LogP contribution in [0.25, 0.3) is 0 Å². The summed E-state index contributed by atoms with van der Waals surface area (Å²) in [7, 11) is 2.00. The van der Waals surface area contributed by atoms with E-state index in [4.69, 9.17) is 0 Å². The van der Waals surface area contributed by atoms with Gasteiger partial charge >= 0.3 is 0 Å². The fraction of sp³-hybridized carbons (Fsp3) is 0.455. The number of imidazole rings is 2. The summed E-state index contributed by atoms with van der Waals surface area (Å²) in [5, 5.41) is 3.36. The van der Waals surface area contributed by atoms with Gasteiger partial charge in [-0.2, -0.15) is 0 Å². The highest BCUT2D eigenvalue weighted by atomic mass is 15.1. The molecule has 0 amide bonds. The molecule has 0 radical (unpaired) electrons. The van der Waals surface area contributed by atoms with Crippen LogP contribution in [0.4, 0.5) is 0 Å². The Morgan fingerprint density at radius 3 is 2.69 bits per heavy atom. The maximum Gasteiger partial charge on any atom is 0.122 e. The van der Waals surface area contributed by atoms with Crippen molar-refractivity contribution in [3.05, 3.63) is 36.4 Å². The molecule has 0 fully saturated rings. The molecule has 2 rings (SSSR count). The molecule has 5 nitrogen and oxygen atoms in total. The quantitative estimate of drug-likeness (QED) is 0.754. The summed E-state index contributed by atoms with van der Waals surface area (Å²) in [5.74, 6) is 2.11. The van der Waals surface area contributed by atoms with Crippen LogP contribution in [0.15, 0.2) is 24.8 Å². The zero-order valence-corrected chi connectivity index (χ0v) is 9.72. The largest absolute Gasteiger partial charge is 0.337 e. The molecular weight excluding hydrogens is 202 g/mol. The van der Waals surface area contributed by atoms with E-state index in [0.29, 0.717) is 0 Å². The van der Waals surface area contributed by atoms with E-state index in [9.17, 15) is 0 Å². The third kappa shape index (κ3) is 2.49. The Bertz CT molecular complexity index is 400. The number of rotatable bonds is 5. The van der Waals surface area contributed by atoms with E-state index >= 15 is 0 Å². The molecule has 0 aromatic carbocycles. The van der Waals surface area contributed by atoms with Crippen LogP contribution in [-0.2, 0) is 20.1 Å². The van der Waals surface area contributed by atoms with E-state index in [0.717, 1.165) is 31.3 Å². The molecule has 2 aromatic rings. The van der Waals surface area contributed by atoms with Gasteiger partial charge in [0, 0.05) is 44.9 Å². The second-order valence-electron chi connectivity index (χ2n) is 3.80. The molecule has 0 unspecified atom stereocenters. The molecule has 5 heteroatoms. The van der Waals surface area contributed by atoms with E-state index in [-0.39, 0.29) is 0 Å². The van der Waals surface area contributed by atoms with Crippen LogP contribution in [0.1, 0.15) is 11.6 Å². The van der Waals surface area contributed by atoms with Crippen LogP contribution in [0, 0.1) is 6.92 Å². The highest BCUT2D eigenvalue weighted by molar-refractivity contribution is 4.91. The highest BCUT2D eigenvalue weighted by Crippen LogP contribution is 1.95. The number of hydrogen-bond acceptors (Lipinski definition) is 3. The van der Waals surface area contributed by atoms with Crippen LogP contribution in [0.2, 0.25) is 0 Å². The van der Waals surface area contributed by atoms with E-state index in [1.54, 1.807) is 0 Å². The smallest absolute Gasteiger partial charge is 0.122 e. The molecule has 0 atom stereocenters. The lowest BCUT2D eigenvalue weighted by molar-refractivity contribution is 0.569. The fourth-order valence-corrected chi connectivity index (χ4v) is 1.61. The SMILES string of the molecule is Cc1nccn1CCNCc1nccn1C. The summed E-state index contributed by atoms with van der Waals surface area (Å²) in [5.41, 5.74) is 0. The molecule has 16 heavy (non-hydrogen) atoms. The summed E-state index contributed by atoms with van der Waals surface area (Å²) < 4.78 is 4.15. The van der Waals surface area contributed by atoms with Crippen molar-refractivity contribution in [3.63, 3.8) is 0 Å². The molecule has 0 bridgehead atoms. The third-order valence-corrected chi connectivity index (χ3v) is 2.66. The highest BCUT2D eigenvalue weighted by Gasteiger charge is 1.99. The second kappa shape index (κ2) is 4.94. The number of aryl methyl sites for hydroxylation is 2. The average molecular weight is 219 g/mol. The van der Waals surface area contributed by atoms with Gasteiger partial charge in [0.2, 0.25) is 0 Å². The van der Waals surface area contributed by atoms with Gasteiger partial charge in [0.05, 0.1) is 6.54 Å². The van der Waals surface area contributed by atoms with Gasteiger partial charge in [-0.3, -0.25) is 0 Å². The maximum absolute atomic E-state index is 4.25. The average Bonchev–Trinajstić information content (AvgIpc) is 2.84. The molecule has 2 heterocycles. The number of nitrogens with zero attached hydrogens (tertiary/aromatic N) is 4. The minimum absolute atomic E-state index is 0.803. The summed E-state index contributed by atoms with van der Waals surface area (Å²) in [4.78, 5) is 8.43. The first-order valence-electron chi connectivity index (χ1n) is 5.42. The monoisotopic (exact) mass is 219 g/mol. The zero-order chi connectivity index (χ0) is 11.4. The van der Waals surface area contributed by atoms with E-state index in [2.05, 4.69) is 19.9 Å². The van der Waals surface area contributed by atoms with Crippen molar-refractivity contribution >= 4 is 0 Å². The number of hydrogen-bond donors (Lipinski definition) is 1. The molecule has 0 saturated carbocycles. The first-order valence-corrected chi connectivity index (χ1v) is 5.42. The first kappa shape index (κ1) is 10.9. The van der Waals surface area contributed by atoms with Crippen LogP contribution < -0.4 is 5.32 Å². The Morgan fingerprint density at radius 1 is 1.25 bits per heavy atom. The Labute approximate surface area is 95.1 Å². The van der Waals surface area contributed by atoms with Gasteiger partial charge in [0.25, 0.3) is 0 Å². The summed E-state index contributed by atoms with van der Waals surface area (Å²) in [6.45, 7) is 4.68. The molecule has 86 valence electrons. The van der Waals surface area contributed by atoms with E-state index in [1.165, 1.54) is 0 Å². The van der Waals surface area contributed by atoms with Crippen molar-refractivity contribution in [2.75, 3.05) is 6.54 Å². The van der Waals surface area contributed by atoms with E-state index < -0.39 is 0 Å². The van der Waals surface area contributed by atoms with Gasteiger partial charge in [-0.25, -0.2) is 9.97 Å². The molecule has 0 aliphatic rings. The molecule has 1 N–H and O–H groups in total. The standard InChI is InChI=1S/C11H17N5/c1-10-13-5-8-16(10)7-3-12-9-11-14-4-6-15(11)2/h4-6,8,12H,3,7,9H2,1-2H3. The fourth-order valence-electron chi connectivity index (χ4n) is 1.61. The number of nitrogens with one attached hydrogen (secondary N) is 1. The zero-order valence-electron chi connectivity index (χ0n) is 9.72. The van der Waals surface area contributed by atoms with Crippen molar-refractivity contribution in [3.8, 4) is 0 Å². The molecule has 0 aliphatic carbocycles. The molecule has 0 saturated heterocycles. The van der Waals surface area contributed by atoms with Crippen molar-refractivity contribution in [2.24, 2.45) is 7.05 Å². The van der Waals surface area contributed by atoms with Gasteiger partial charge in [-0.15, -0.1) is 0 Å². The predicted octanol–water partition coefficient (Wildman–Crippen LogP) is 0.715. The predicted molar refractivity (Wildman–Crippen MR) is 61.9 cm³/mol. The van der Waals surface area contributed by atoms with Crippen molar-refractivity contribution in [1.29, 1.82) is 0 Å². The van der Waals surface area contributed by atoms with Crippen molar-refractivity contribution in [2.45, 2.75) is 20.0 Å². The topological polar surface area (TPSA) is 47.7 Å². The Morgan fingerprint density at radius 2 is 2.06 bits per heavy atom. The van der Waals surface area contributed by atoms with Crippen molar-refractivity contribution in [1.82, 2.24) is 24.4 Å². The lowest BCUT2D eigenvalue weighted by Crippen LogP contribution is -2.21. The van der Waals surface area contributed by atoms with Crippen LogP contribution in [0.5, 0.6) is 0 Å². The van der Waals surface area contributed by atoms with Crippen LogP contribution >= 0.6 is 0 Å². The minimum atomic E-state index is 0.803. The number of aromatic nitrogens is 4. The lowest BCUT2D eigenvalue weighted by Gasteiger charge is -2.06. The van der Waals surface area contributed by atoms with Gasteiger partial charge in [-0.05, 0) is 6.92 Å². The van der Waals surface area contributed by atoms with Crippen molar-refractivity contribution < 1.29 is 0 Å². The second-order valence-corrected chi connectivity index (χ2v) is 3.80. The normalized spacial score (nSPS) is 10.9. The first-order chi connectivity index (χ1) is 7.77. The molecule has 0 spiro atoms. The summed E-state index contributed by atoms with van der Waals surface area (Å²) in [6, 6.07) is 0. The lowest BCUT2D eigenvalue weighted by atomic mass is 10.5. The maximum atomic E-state index is 4.25. The van der Waals surface area contributed by atoms with Gasteiger partial charge in [0.15, 0.2) is 0 Å². The Kier molecular flexibility index (Phi) is 3.36. The van der Waals surface area contributed by atoms with Gasteiger partial charge in [0.1, 0.15) is 11.6 Å². The summed E-state index contributed by atoms with van der Waals surface area (Å²) >= 11 is 0. The minimum Gasteiger partial charge on any atom is -0.337 e. The van der Waals surface area contributed by atoms with Gasteiger partial charge in [-0.1, -0.05) is 0 Å². The molecule has 0 aliphatic heterocycles.